The summed E-state index contributed by atoms with van der Waals surface area (Å²) in [5.74, 6) is 0.0832. The zero-order chi connectivity index (χ0) is 16.2. The summed E-state index contributed by atoms with van der Waals surface area (Å²) in [6, 6.07) is 0. The van der Waals surface area contributed by atoms with Gasteiger partial charge in [-0.1, -0.05) is 0 Å². The van der Waals surface area contributed by atoms with Crippen molar-refractivity contribution in [2.24, 2.45) is 0 Å². The van der Waals surface area contributed by atoms with Gasteiger partial charge < -0.3 is 0 Å². The number of phosphoric acid groups is 2. The lowest BCUT2D eigenvalue weighted by atomic mass is 10.9. The minimum atomic E-state index is -4.22. The number of hydrogen-bond acceptors (Lipinski definition) is 7. The van der Waals surface area contributed by atoms with Crippen molar-refractivity contribution in [2.75, 3.05) is 49.9 Å². The molecule has 21 heavy (non-hydrogen) atoms. The number of rotatable bonds is 14. The highest BCUT2D eigenvalue weighted by molar-refractivity contribution is 7.62. The van der Waals surface area contributed by atoms with Gasteiger partial charge in [0, 0.05) is 23.5 Å². The summed E-state index contributed by atoms with van der Waals surface area (Å²) in [7, 11) is -8.44. The molecule has 0 spiro atoms. The van der Waals surface area contributed by atoms with Crippen molar-refractivity contribution in [3.8, 4) is 0 Å². The molecule has 7 nitrogen and oxygen atoms in total. The molecule has 0 rings (SSSR count). The van der Waals surface area contributed by atoms with Crippen LogP contribution >= 0.6 is 62.0 Å². The monoisotopic (exact) mass is 426 g/mol. The van der Waals surface area contributed by atoms with Crippen LogP contribution in [0.1, 0.15) is 0 Å². The van der Waals surface area contributed by atoms with Gasteiger partial charge in [0.25, 0.3) is 0 Å². The Balaban J connectivity index is 4.90. The van der Waals surface area contributed by atoms with E-state index in [0.29, 0.717) is 0 Å². The number of phosphoric ester groups is 2. The average molecular weight is 428 g/mol. The van der Waals surface area contributed by atoms with E-state index in [1.165, 1.54) is 0 Å². The van der Waals surface area contributed by atoms with E-state index in [2.05, 4.69) is 0 Å². The summed E-state index contributed by atoms with van der Waals surface area (Å²) < 4.78 is 48.8. The number of alkyl halides is 4. The highest BCUT2D eigenvalue weighted by Gasteiger charge is 2.40. The number of halogens is 4. The molecule has 0 saturated heterocycles. The minimum Gasteiger partial charge on any atom is -0.285 e. The van der Waals surface area contributed by atoms with Crippen LogP contribution in [0.25, 0.3) is 0 Å². The van der Waals surface area contributed by atoms with Crippen molar-refractivity contribution >= 4 is 62.0 Å². The van der Waals surface area contributed by atoms with Gasteiger partial charge in [0.15, 0.2) is 0 Å². The van der Waals surface area contributed by atoms with Crippen molar-refractivity contribution in [3.63, 3.8) is 0 Å². The van der Waals surface area contributed by atoms with Gasteiger partial charge >= 0.3 is 15.6 Å². The molecule has 0 aromatic rings. The van der Waals surface area contributed by atoms with Crippen molar-refractivity contribution in [2.45, 2.75) is 0 Å². The van der Waals surface area contributed by atoms with Gasteiger partial charge in [-0.2, -0.15) is 4.31 Å². The molecule has 0 atom stereocenters. The maximum Gasteiger partial charge on any atom is 0.483 e. The van der Waals surface area contributed by atoms with Gasteiger partial charge in [-0.15, -0.1) is 46.4 Å². The van der Waals surface area contributed by atoms with Crippen LogP contribution in [0.3, 0.4) is 0 Å². The third kappa shape index (κ3) is 10.7. The van der Waals surface area contributed by atoms with E-state index in [9.17, 15) is 9.13 Å². The summed E-state index contributed by atoms with van der Waals surface area (Å²) in [5, 5.41) is 0. The van der Waals surface area contributed by atoms with E-state index in [-0.39, 0.29) is 49.9 Å². The zero-order valence-corrected chi connectivity index (χ0v) is 15.7. The molecule has 128 valence electrons. The van der Waals surface area contributed by atoms with Crippen LogP contribution in [0, 0.1) is 0 Å². The molecular weight excluding hydrogens is 412 g/mol. The second-order valence-corrected chi connectivity index (χ2v) is 8.05. The molecule has 0 aliphatic rings. The van der Waals surface area contributed by atoms with Crippen LogP contribution in [0.15, 0.2) is 0 Å². The van der Waals surface area contributed by atoms with Crippen molar-refractivity contribution < 1.29 is 31.5 Å². The molecule has 0 N–H and O–H groups in total. The van der Waals surface area contributed by atoms with Crippen LogP contribution in [0.5, 0.6) is 0 Å². The van der Waals surface area contributed by atoms with Gasteiger partial charge in [-0.05, 0) is 0 Å². The van der Waals surface area contributed by atoms with E-state index in [1.54, 1.807) is 0 Å². The van der Waals surface area contributed by atoms with Gasteiger partial charge in [0.2, 0.25) is 0 Å². The molecule has 0 bridgehead atoms. The molecular formula is C8H16Cl4O7P2. The van der Waals surface area contributed by atoms with Crippen LogP contribution in [0.2, 0.25) is 0 Å². The predicted octanol–water partition coefficient (Wildman–Crippen LogP) is 4.24. The Morgan fingerprint density at radius 1 is 0.571 bits per heavy atom. The lowest BCUT2D eigenvalue weighted by Gasteiger charge is -2.22. The maximum absolute atomic E-state index is 12.3. The average Bonchev–Trinajstić information content (AvgIpc) is 2.47. The molecule has 0 unspecified atom stereocenters. The summed E-state index contributed by atoms with van der Waals surface area (Å²) in [5.41, 5.74) is 0. The fourth-order valence-corrected chi connectivity index (χ4v) is 4.76. The van der Waals surface area contributed by atoms with Crippen molar-refractivity contribution in [1.82, 2.24) is 0 Å². The van der Waals surface area contributed by atoms with Gasteiger partial charge in [0.1, 0.15) is 0 Å². The second kappa shape index (κ2) is 12.8. The van der Waals surface area contributed by atoms with Crippen molar-refractivity contribution in [1.29, 1.82) is 0 Å². The Hall–Kier alpha value is 1.42. The molecule has 0 saturated carbocycles. The summed E-state index contributed by atoms with van der Waals surface area (Å²) >= 11 is 21.7. The Bertz CT molecular complexity index is 304. The third-order valence-corrected chi connectivity index (χ3v) is 5.72. The summed E-state index contributed by atoms with van der Waals surface area (Å²) in [6.07, 6.45) is 0. The summed E-state index contributed by atoms with van der Waals surface area (Å²) in [6.45, 7) is -0.642. The topological polar surface area (TPSA) is 80.3 Å². The van der Waals surface area contributed by atoms with Crippen LogP contribution in [-0.2, 0) is 31.5 Å². The molecule has 0 aromatic heterocycles. The first-order valence-corrected chi connectivity index (χ1v) is 10.7. The smallest absolute Gasteiger partial charge is 0.285 e. The van der Waals surface area contributed by atoms with E-state index >= 15 is 0 Å². The Morgan fingerprint density at radius 2 is 0.810 bits per heavy atom. The van der Waals surface area contributed by atoms with E-state index in [0.717, 1.165) is 0 Å². The van der Waals surface area contributed by atoms with Crippen molar-refractivity contribution in [3.05, 3.63) is 0 Å². The maximum atomic E-state index is 12.3. The first-order chi connectivity index (χ1) is 9.95. The minimum absolute atomic E-state index is 0.0208. The fourth-order valence-electron chi connectivity index (χ4n) is 0.877. The number of hydrogen-bond donors (Lipinski definition) is 0. The Labute approximate surface area is 143 Å². The zero-order valence-electron chi connectivity index (χ0n) is 10.9. The van der Waals surface area contributed by atoms with E-state index < -0.39 is 15.6 Å². The van der Waals surface area contributed by atoms with Gasteiger partial charge in [0.05, 0.1) is 26.4 Å². The lowest BCUT2D eigenvalue weighted by Crippen LogP contribution is -2.08. The molecule has 0 aliphatic heterocycles. The van der Waals surface area contributed by atoms with E-state index in [1.807, 2.05) is 0 Å². The van der Waals surface area contributed by atoms with E-state index in [4.69, 9.17) is 68.8 Å². The first kappa shape index (κ1) is 22.4. The normalized spacial score (nSPS) is 12.8. The quantitative estimate of drug-likeness (QED) is 0.303. The largest absolute Gasteiger partial charge is 0.483 e. The van der Waals surface area contributed by atoms with Gasteiger partial charge in [-0.25, -0.2) is 9.13 Å². The molecule has 0 fully saturated rings. The molecule has 0 heterocycles. The highest BCUT2D eigenvalue weighted by atomic mass is 35.5. The Kier molecular flexibility index (Phi) is 13.7. The Morgan fingerprint density at radius 3 is 1.00 bits per heavy atom. The molecule has 0 aromatic carbocycles. The third-order valence-electron chi connectivity index (χ3n) is 1.51. The first-order valence-electron chi connectivity index (χ1n) is 5.68. The predicted molar refractivity (Wildman–Crippen MR) is 83.0 cm³/mol. The highest BCUT2D eigenvalue weighted by Crippen LogP contribution is 2.65. The SMILES string of the molecule is O=P(OCCCl)(OCCCl)OP(=O)(OCCCl)OCCCl. The van der Waals surface area contributed by atoms with Crippen LogP contribution in [-0.4, -0.2) is 49.9 Å². The molecule has 0 amide bonds. The van der Waals surface area contributed by atoms with Gasteiger partial charge in [-0.3, -0.25) is 18.1 Å². The fraction of sp³-hybridized carbons (Fsp3) is 1.00. The van der Waals surface area contributed by atoms with Crippen LogP contribution in [0.4, 0.5) is 0 Å². The standard InChI is InChI=1S/C8H16Cl4O7P2/c9-1-5-15-20(13,16-6-2-10)19-21(14,17-7-3-11)18-8-4-12/h1-8H2. The molecule has 0 aliphatic carbocycles. The second-order valence-electron chi connectivity index (χ2n) is 3.06. The molecule has 0 radical (unpaired) electrons. The van der Waals surface area contributed by atoms with Crippen LogP contribution < -0.4 is 0 Å². The molecule has 13 heteroatoms. The lowest BCUT2D eigenvalue weighted by molar-refractivity contribution is 0.121. The summed E-state index contributed by atoms with van der Waals surface area (Å²) in [4.78, 5) is 0.